The third kappa shape index (κ3) is 2.84. The van der Waals surface area contributed by atoms with Gasteiger partial charge in [-0.3, -0.25) is 0 Å². The molecule has 3 heteroatoms. The normalized spacial score (nSPS) is 19.1. The predicted octanol–water partition coefficient (Wildman–Crippen LogP) is 3.01. The standard InChI is InChI=1S/C12H16INO/c13-10-5-1-2-6-11(10)14-9-12(15)7-3-4-8-12/h1-2,5-6,14-15H,3-4,7-9H2. The zero-order valence-electron chi connectivity index (χ0n) is 8.67. The average Bonchev–Trinajstić information content (AvgIpc) is 2.65. The minimum Gasteiger partial charge on any atom is -0.388 e. The highest BCUT2D eigenvalue weighted by atomic mass is 127. The molecule has 0 radical (unpaired) electrons. The Morgan fingerprint density at radius 2 is 1.93 bits per heavy atom. The van der Waals surface area contributed by atoms with Gasteiger partial charge in [0, 0.05) is 15.8 Å². The number of halogens is 1. The van der Waals surface area contributed by atoms with Crippen LogP contribution in [0.15, 0.2) is 24.3 Å². The molecule has 0 bridgehead atoms. The molecule has 0 unspecified atom stereocenters. The third-order valence-corrected chi connectivity index (χ3v) is 3.96. The molecule has 0 aliphatic heterocycles. The first kappa shape index (κ1) is 11.2. The molecular weight excluding hydrogens is 301 g/mol. The first-order valence-corrected chi connectivity index (χ1v) is 6.48. The summed E-state index contributed by atoms with van der Waals surface area (Å²) in [5.41, 5.74) is 0.650. The molecule has 0 aromatic heterocycles. The van der Waals surface area contributed by atoms with Crippen molar-refractivity contribution in [2.24, 2.45) is 0 Å². The number of rotatable bonds is 3. The van der Waals surface area contributed by atoms with Gasteiger partial charge in [0.1, 0.15) is 0 Å². The number of benzene rings is 1. The summed E-state index contributed by atoms with van der Waals surface area (Å²) in [6.07, 6.45) is 4.18. The maximum Gasteiger partial charge on any atom is 0.0819 e. The highest BCUT2D eigenvalue weighted by Crippen LogP contribution is 2.30. The second-order valence-electron chi connectivity index (χ2n) is 4.26. The van der Waals surface area contributed by atoms with Crippen LogP contribution in [0, 0.1) is 3.57 Å². The lowest BCUT2D eigenvalue weighted by molar-refractivity contribution is 0.0614. The molecule has 15 heavy (non-hydrogen) atoms. The van der Waals surface area contributed by atoms with Crippen molar-refractivity contribution >= 4 is 28.3 Å². The van der Waals surface area contributed by atoms with E-state index in [1.54, 1.807) is 0 Å². The van der Waals surface area contributed by atoms with Gasteiger partial charge in [-0.1, -0.05) is 25.0 Å². The molecular formula is C12H16INO. The van der Waals surface area contributed by atoms with Crippen molar-refractivity contribution in [3.63, 3.8) is 0 Å². The molecule has 2 nitrogen and oxygen atoms in total. The van der Waals surface area contributed by atoms with E-state index in [1.807, 2.05) is 12.1 Å². The molecule has 1 saturated carbocycles. The van der Waals surface area contributed by atoms with Crippen molar-refractivity contribution in [1.29, 1.82) is 0 Å². The van der Waals surface area contributed by atoms with Crippen molar-refractivity contribution in [3.8, 4) is 0 Å². The van der Waals surface area contributed by atoms with Crippen LogP contribution in [0.5, 0.6) is 0 Å². The lowest BCUT2D eigenvalue weighted by atomic mass is 10.0. The van der Waals surface area contributed by atoms with Crippen LogP contribution in [0.4, 0.5) is 5.69 Å². The van der Waals surface area contributed by atoms with Gasteiger partial charge < -0.3 is 10.4 Å². The quantitative estimate of drug-likeness (QED) is 0.840. The first-order valence-electron chi connectivity index (χ1n) is 5.40. The smallest absolute Gasteiger partial charge is 0.0819 e. The molecule has 0 amide bonds. The van der Waals surface area contributed by atoms with Crippen LogP contribution in [0.1, 0.15) is 25.7 Å². The number of aliphatic hydroxyl groups is 1. The van der Waals surface area contributed by atoms with Crippen molar-refractivity contribution < 1.29 is 5.11 Å². The summed E-state index contributed by atoms with van der Waals surface area (Å²) in [6.45, 7) is 0.674. The minimum absolute atomic E-state index is 0.473. The van der Waals surface area contributed by atoms with E-state index in [0.29, 0.717) is 6.54 Å². The topological polar surface area (TPSA) is 32.3 Å². The van der Waals surface area contributed by atoms with Crippen molar-refractivity contribution in [1.82, 2.24) is 0 Å². The first-order chi connectivity index (χ1) is 7.20. The summed E-state index contributed by atoms with van der Waals surface area (Å²) < 4.78 is 1.21. The molecule has 0 heterocycles. The molecule has 2 N–H and O–H groups in total. The Morgan fingerprint density at radius 3 is 2.60 bits per heavy atom. The molecule has 0 saturated heterocycles. The lowest BCUT2D eigenvalue weighted by Crippen LogP contribution is -2.33. The predicted molar refractivity (Wildman–Crippen MR) is 71.1 cm³/mol. The fraction of sp³-hybridized carbons (Fsp3) is 0.500. The summed E-state index contributed by atoms with van der Waals surface area (Å²) in [7, 11) is 0. The molecule has 0 atom stereocenters. The van der Waals surface area contributed by atoms with E-state index in [0.717, 1.165) is 31.4 Å². The van der Waals surface area contributed by atoms with Gasteiger partial charge in [0.15, 0.2) is 0 Å². The molecule has 2 rings (SSSR count). The van der Waals surface area contributed by atoms with Crippen LogP contribution in [0.2, 0.25) is 0 Å². The molecule has 1 aliphatic carbocycles. The number of nitrogens with one attached hydrogen (secondary N) is 1. The number of anilines is 1. The van der Waals surface area contributed by atoms with Crippen LogP contribution in [0.25, 0.3) is 0 Å². The fourth-order valence-corrected chi connectivity index (χ4v) is 2.65. The van der Waals surface area contributed by atoms with Crippen LogP contribution >= 0.6 is 22.6 Å². The van der Waals surface area contributed by atoms with E-state index in [2.05, 4.69) is 40.0 Å². The zero-order valence-corrected chi connectivity index (χ0v) is 10.8. The molecule has 1 aliphatic rings. The summed E-state index contributed by atoms with van der Waals surface area (Å²) >= 11 is 2.31. The molecule has 1 aromatic carbocycles. The Labute approximate surface area is 104 Å². The van der Waals surface area contributed by atoms with E-state index >= 15 is 0 Å². The van der Waals surface area contributed by atoms with Crippen LogP contribution in [0.3, 0.4) is 0 Å². The van der Waals surface area contributed by atoms with Gasteiger partial charge in [-0.25, -0.2) is 0 Å². The SMILES string of the molecule is OC1(CNc2ccccc2I)CCCC1. The van der Waals surface area contributed by atoms with Gasteiger partial charge in [-0.15, -0.1) is 0 Å². The van der Waals surface area contributed by atoms with E-state index in [-0.39, 0.29) is 0 Å². The Kier molecular flexibility index (Phi) is 3.51. The zero-order chi connectivity index (χ0) is 10.7. The maximum atomic E-state index is 10.2. The summed E-state index contributed by atoms with van der Waals surface area (Å²) in [5.74, 6) is 0. The Morgan fingerprint density at radius 1 is 1.27 bits per heavy atom. The summed E-state index contributed by atoms with van der Waals surface area (Å²) in [5, 5.41) is 13.5. The average molecular weight is 317 g/mol. The number of para-hydroxylation sites is 1. The largest absolute Gasteiger partial charge is 0.388 e. The Hall–Kier alpha value is -0.290. The molecule has 1 aromatic rings. The maximum absolute atomic E-state index is 10.2. The van der Waals surface area contributed by atoms with E-state index in [1.165, 1.54) is 3.57 Å². The van der Waals surface area contributed by atoms with Crippen molar-refractivity contribution in [3.05, 3.63) is 27.8 Å². The van der Waals surface area contributed by atoms with Crippen LogP contribution < -0.4 is 5.32 Å². The summed E-state index contributed by atoms with van der Waals surface area (Å²) in [6, 6.07) is 8.17. The fourth-order valence-electron chi connectivity index (χ4n) is 2.07. The summed E-state index contributed by atoms with van der Waals surface area (Å²) in [4.78, 5) is 0. The van der Waals surface area contributed by atoms with Gasteiger partial charge in [-0.05, 0) is 47.6 Å². The molecule has 1 fully saturated rings. The highest BCUT2D eigenvalue weighted by Gasteiger charge is 2.30. The lowest BCUT2D eigenvalue weighted by Gasteiger charge is -2.23. The van der Waals surface area contributed by atoms with Gasteiger partial charge in [0.05, 0.1) is 5.60 Å². The Balaban J connectivity index is 1.95. The third-order valence-electron chi connectivity index (χ3n) is 3.02. The van der Waals surface area contributed by atoms with E-state index in [4.69, 9.17) is 0 Å². The van der Waals surface area contributed by atoms with Crippen molar-refractivity contribution in [2.75, 3.05) is 11.9 Å². The number of hydrogen-bond donors (Lipinski definition) is 2. The van der Waals surface area contributed by atoms with Gasteiger partial charge in [-0.2, -0.15) is 0 Å². The van der Waals surface area contributed by atoms with Crippen LogP contribution in [-0.4, -0.2) is 17.3 Å². The monoisotopic (exact) mass is 317 g/mol. The second-order valence-corrected chi connectivity index (χ2v) is 5.43. The van der Waals surface area contributed by atoms with Crippen molar-refractivity contribution in [2.45, 2.75) is 31.3 Å². The van der Waals surface area contributed by atoms with E-state index in [9.17, 15) is 5.11 Å². The molecule has 82 valence electrons. The van der Waals surface area contributed by atoms with Gasteiger partial charge in [0.2, 0.25) is 0 Å². The Bertz CT molecular complexity index is 334. The van der Waals surface area contributed by atoms with E-state index < -0.39 is 5.60 Å². The minimum atomic E-state index is -0.473. The second kappa shape index (κ2) is 4.70. The number of hydrogen-bond acceptors (Lipinski definition) is 2. The van der Waals surface area contributed by atoms with Gasteiger partial charge >= 0.3 is 0 Å². The van der Waals surface area contributed by atoms with Gasteiger partial charge in [0.25, 0.3) is 0 Å². The van der Waals surface area contributed by atoms with Crippen LogP contribution in [-0.2, 0) is 0 Å². The molecule has 0 spiro atoms. The highest BCUT2D eigenvalue weighted by molar-refractivity contribution is 14.1.